The molecule has 0 saturated carbocycles. The van der Waals surface area contributed by atoms with Crippen LogP contribution in [0.1, 0.15) is 11.6 Å². The number of benzene rings is 2. The van der Waals surface area contributed by atoms with E-state index in [1.54, 1.807) is 10.9 Å². The lowest BCUT2D eigenvalue weighted by atomic mass is 10.1. The molecule has 2 N–H and O–H groups in total. The van der Waals surface area contributed by atoms with Gasteiger partial charge in [-0.3, -0.25) is 9.36 Å². The molecule has 4 aromatic rings. The first-order chi connectivity index (χ1) is 12.7. The summed E-state index contributed by atoms with van der Waals surface area (Å²) in [4.78, 5) is 17.6. The quantitative estimate of drug-likeness (QED) is 0.572. The number of hydrogen-bond acceptors (Lipinski definition) is 4. The van der Waals surface area contributed by atoms with Crippen molar-refractivity contribution in [1.82, 2.24) is 9.55 Å². The monoisotopic (exact) mass is 381 g/mol. The Morgan fingerprint density at radius 2 is 1.81 bits per heavy atom. The van der Waals surface area contributed by atoms with Gasteiger partial charge in [-0.05, 0) is 11.6 Å². The van der Waals surface area contributed by atoms with Gasteiger partial charge in [0.1, 0.15) is 4.70 Å². The Labute approximate surface area is 159 Å². The molecule has 0 aliphatic rings. The lowest BCUT2D eigenvalue weighted by Crippen LogP contribution is -2.30. The molecule has 0 fully saturated rings. The van der Waals surface area contributed by atoms with Crippen LogP contribution in [-0.4, -0.2) is 16.1 Å². The highest BCUT2D eigenvalue weighted by atomic mass is 35.5. The summed E-state index contributed by atoms with van der Waals surface area (Å²) < 4.78 is 2.22. The molecule has 2 aromatic carbocycles. The summed E-state index contributed by atoms with van der Waals surface area (Å²) in [5.74, 6) is 0. The molecule has 0 aliphatic heterocycles. The Morgan fingerprint density at radius 3 is 2.54 bits per heavy atom. The SMILES string of the molecule is NC[C@@H](c1ccccc1)n1cnc2c(-c3ccccc3Cl)csc2c1=O. The summed E-state index contributed by atoms with van der Waals surface area (Å²) in [5, 5.41) is 2.58. The van der Waals surface area contributed by atoms with Crippen LogP contribution in [0.15, 0.2) is 71.1 Å². The summed E-state index contributed by atoms with van der Waals surface area (Å²) in [5.41, 5.74) is 9.30. The first-order valence-electron chi connectivity index (χ1n) is 8.19. The predicted molar refractivity (Wildman–Crippen MR) is 108 cm³/mol. The van der Waals surface area contributed by atoms with Gasteiger partial charge in [0.05, 0.1) is 17.9 Å². The third kappa shape index (κ3) is 2.84. The Hall–Kier alpha value is -2.47. The molecule has 6 heteroatoms. The summed E-state index contributed by atoms with van der Waals surface area (Å²) in [6, 6.07) is 17.1. The molecule has 26 heavy (non-hydrogen) atoms. The molecule has 0 amide bonds. The fourth-order valence-corrected chi connectivity index (χ4v) is 4.29. The average molecular weight is 382 g/mol. The van der Waals surface area contributed by atoms with E-state index >= 15 is 0 Å². The minimum atomic E-state index is -0.244. The zero-order valence-electron chi connectivity index (χ0n) is 13.8. The fourth-order valence-electron chi connectivity index (χ4n) is 3.10. The first-order valence-corrected chi connectivity index (χ1v) is 9.44. The average Bonchev–Trinajstić information content (AvgIpc) is 3.10. The van der Waals surface area contributed by atoms with E-state index in [9.17, 15) is 4.79 Å². The number of nitrogens with zero attached hydrogens (tertiary/aromatic N) is 2. The summed E-state index contributed by atoms with van der Waals surface area (Å²) >= 11 is 7.70. The van der Waals surface area contributed by atoms with Crippen molar-refractivity contribution in [3.05, 3.63) is 87.2 Å². The van der Waals surface area contributed by atoms with E-state index in [4.69, 9.17) is 17.3 Å². The van der Waals surface area contributed by atoms with E-state index in [0.717, 1.165) is 16.7 Å². The van der Waals surface area contributed by atoms with E-state index in [-0.39, 0.29) is 11.6 Å². The Morgan fingerprint density at radius 1 is 1.08 bits per heavy atom. The third-order valence-corrected chi connectivity index (χ3v) is 5.70. The fraction of sp³-hybridized carbons (Fsp3) is 0.100. The molecule has 0 unspecified atom stereocenters. The van der Waals surface area contributed by atoms with Crippen molar-refractivity contribution in [2.75, 3.05) is 6.54 Å². The van der Waals surface area contributed by atoms with Gasteiger partial charge >= 0.3 is 0 Å². The van der Waals surface area contributed by atoms with E-state index < -0.39 is 0 Å². The maximum atomic E-state index is 13.1. The first kappa shape index (κ1) is 17.0. The largest absolute Gasteiger partial charge is 0.328 e. The number of nitrogens with two attached hydrogens (primary N) is 1. The molecule has 0 radical (unpaired) electrons. The number of thiophene rings is 1. The maximum Gasteiger partial charge on any atom is 0.271 e. The van der Waals surface area contributed by atoms with Crippen LogP contribution < -0.4 is 11.3 Å². The molecular weight excluding hydrogens is 366 g/mol. The molecule has 0 spiro atoms. The lowest BCUT2D eigenvalue weighted by Gasteiger charge is -2.18. The molecule has 4 nitrogen and oxygen atoms in total. The van der Waals surface area contributed by atoms with Crippen molar-refractivity contribution in [1.29, 1.82) is 0 Å². The number of halogens is 1. The highest BCUT2D eigenvalue weighted by molar-refractivity contribution is 7.17. The van der Waals surface area contributed by atoms with Crippen molar-refractivity contribution in [2.24, 2.45) is 5.73 Å². The van der Waals surface area contributed by atoms with Gasteiger partial charge < -0.3 is 5.73 Å². The van der Waals surface area contributed by atoms with Gasteiger partial charge in [0.15, 0.2) is 0 Å². The van der Waals surface area contributed by atoms with Crippen LogP contribution in [0.3, 0.4) is 0 Å². The molecule has 0 saturated heterocycles. The molecule has 0 aliphatic carbocycles. The van der Waals surface area contributed by atoms with Gasteiger partial charge in [-0.25, -0.2) is 4.98 Å². The zero-order valence-corrected chi connectivity index (χ0v) is 15.4. The Balaban J connectivity index is 1.87. The Bertz CT molecular complexity index is 1120. The van der Waals surface area contributed by atoms with Gasteiger partial charge in [-0.1, -0.05) is 60.1 Å². The standard InChI is InChI=1S/C20H16ClN3OS/c21-16-9-5-4-8-14(16)15-11-26-19-18(15)23-12-24(20(19)25)17(10-22)13-6-2-1-3-7-13/h1-9,11-12,17H,10,22H2/t17-/m0/s1. The summed E-state index contributed by atoms with van der Waals surface area (Å²) in [6.07, 6.45) is 1.59. The minimum absolute atomic E-state index is 0.0855. The van der Waals surface area contributed by atoms with Gasteiger partial charge in [0, 0.05) is 28.1 Å². The minimum Gasteiger partial charge on any atom is -0.328 e. The van der Waals surface area contributed by atoms with Gasteiger partial charge in [0.25, 0.3) is 5.56 Å². The topological polar surface area (TPSA) is 60.9 Å². The van der Waals surface area contributed by atoms with Crippen LogP contribution in [0, 0.1) is 0 Å². The molecular formula is C20H16ClN3OS. The van der Waals surface area contributed by atoms with Crippen LogP contribution >= 0.6 is 22.9 Å². The Kier molecular flexibility index (Phi) is 4.59. The zero-order chi connectivity index (χ0) is 18.1. The number of aromatic nitrogens is 2. The van der Waals surface area contributed by atoms with Crippen LogP contribution in [0.4, 0.5) is 0 Å². The normalized spacial score (nSPS) is 12.4. The lowest BCUT2D eigenvalue weighted by molar-refractivity contribution is 0.570. The number of rotatable bonds is 4. The van der Waals surface area contributed by atoms with Gasteiger partial charge in [-0.15, -0.1) is 11.3 Å². The van der Waals surface area contributed by atoms with E-state index in [2.05, 4.69) is 4.98 Å². The molecule has 4 rings (SSSR count). The molecule has 2 heterocycles. The predicted octanol–water partition coefficient (Wildman–Crippen LogP) is 4.33. The van der Waals surface area contributed by atoms with Crippen LogP contribution in [0.2, 0.25) is 5.02 Å². The van der Waals surface area contributed by atoms with Crippen molar-refractivity contribution >= 4 is 33.2 Å². The van der Waals surface area contributed by atoms with Crippen LogP contribution in [-0.2, 0) is 0 Å². The summed E-state index contributed by atoms with van der Waals surface area (Å²) in [6.45, 7) is 0.319. The van der Waals surface area contributed by atoms with E-state index in [1.165, 1.54) is 11.3 Å². The van der Waals surface area contributed by atoms with Crippen molar-refractivity contribution in [2.45, 2.75) is 6.04 Å². The van der Waals surface area contributed by atoms with Crippen LogP contribution in [0.5, 0.6) is 0 Å². The number of fused-ring (bicyclic) bond motifs is 1. The van der Waals surface area contributed by atoms with Crippen molar-refractivity contribution in [3.8, 4) is 11.1 Å². The van der Waals surface area contributed by atoms with E-state index in [1.807, 2.05) is 60.0 Å². The number of hydrogen-bond donors (Lipinski definition) is 1. The second-order valence-corrected chi connectivity index (χ2v) is 7.21. The maximum absolute atomic E-state index is 13.1. The second kappa shape index (κ2) is 7.03. The third-order valence-electron chi connectivity index (χ3n) is 4.41. The highest BCUT2D eigenvalue weighted by Crippen LogP contribution is 2.35. The van der Waals surface area contributed by atoms with Gasteiger partial charge in [0.2, 0.25) is 0 Å². The van der Waals surface area contributed by atoms with Crippen molar-refractivity contribution in [3.63, 3.8) is 0 Å². The van der Waals surface area contributed by atoms with Crippen molar-refractivity contribution < 1.29 is 0 Å². The summed E-state index contributed by atoms with van der Waals surface area (Å²) in [7, 11) is 0. The molecule has 2 aromatic heterocycles. The molecule has 1 atom stereocenters. The highest BCUT2D eigenvalue weighted by Gasteiger charge is 2.18. The smallest absolute Gasteiger partial charge is 0.271 e. The van der Waals surface area contributed by atoms with E-state index in [0.29, 0.717) is 21.8 Å². The van der Waals surface area contributed by atoms with Gasteiger partial charge in [-0.2, -0.15) is 0 Å². The molecule has 0 bridgehead atoms. The van der Waals surface area contributed by atoms with Crippen LogP contribution in [0.25, 0.3) is 21.3 Å². The molecule has 130 valence electrons. The second-order valence-electron chi connectivity index (χ2n) is 5.93.